The van der Waals surface area contributed by atoms with Crippen molar-refractivity contribution in [1.29, 1.82) is 0 Å². The van der Waals surface area contributed by atoms with Gasteiger partial charge in [-0.05, 0) is 56.4 Å². The van der Waals surface area contributed by atoms with Crippen molar-refractivity contribution in [3.63, 3.8) is 0 Å². The van der Waals surface area contributed by atoms with Gasteiger partial charge in [0.25, 0.3) is 0 Å². The van der Waals surface area contributed by atoms with Crippen LogP contribution in [0.15, 0.2) is 48.0 Å². The maximum atomic E-state index is 15.0. The number of hydrogen-bond acceptors (Lipinski definition) is 5. The summed E-state index contributed by atoms with van der Waals surface area (Å²) in [4.78, 5) is 16.3. The van der Waals surface area contributed by atoms with Crippen molar-refractivity contribution in [1.82, 2.24) is 0 Å². The summed E-state index contributed by atoms with van der Waals surface area (Å²) < 4.78 is 26.1. The van der Waals surface area contributed by atoms with Crippen molar-refractivity contribution in [2.24, 2.45) is 10.9 Å². The first-order chi connectivity index (χ1) is 16.5. The Balaban J connectivity index is 1.60. The average molecular weight is 468 g/mol. The Morgan fingerprint density at radius 3 is 2.53 bits per heavy atom. The summed E-state index contributed by atoms with van der Waals surface area (Å²) in [6, 6.07) is 10.2. The number of carbonyl (C=O) groups is 1. The molecule has 2 aromatic rings. The molecule has 0 spiro atoms. The molecular formula is C27H34FN3O3. The summed E-state index contributed by atoms with van der Waals surface area (Å²) in [5.41, 5.74) is 2.47. The van der Waals surface area contributed by atoms with E-state index < -0.39 is 5.82 Å². The molecular weight excluding hydrogens is 433 g/mol. The van der Waals surface area contributed by atoms with Gasteiger partial charge in [-0.15, -0.1) is 0 Å². The molecule has 1 fully saturated rings. The SMILES string of the molecule is C=C(Nc1ccc(NC(=O)COCC2CC2)cc1)c1c(F)cc(OCCCCC)cc1N=CC. The number of carbonyl (C=O) groups excluding carboxylic acids is 1. The van der Waals surface area contributed by atoms with Crippen molar-refractivity contribution >= 4 is 34.9 Å². The Bertz CT molecular complexity index is 1000. The van der Waals surface area contributed by atoms with Crippen LogP contribution in [0.1, 0.15) is 51.5 Å². The van der Waals surface area contributed by atoms with E-state index >= 15 is 4.39 Å². The molecule has 34 heavy (non-hydrogen) atoms. The Kier molecular flexibility index (Phi) is 9.64. The molecule has 2 aromatic carbocycles. The first kappa shape index (κ1) is 25.4. The molecule has 1 amide bonds. The number of amides is 1. The maximum Gasteiger partial charge on any atom is 0.250 e. The lowest BCUT2D eigenvalue weighted by molar-refractivity contribution is -0.120. The number of nitrogens with one attached hydrogen (secondary N) is 2. The van der Waals surface area contributed by atoms with Crippen LogP contribution < -0.4 is 15.4 Å². The van der Waals surface area contributed by atoms with E-state index in [4.69, 9.17) is 9.47 Å². The lowest BCUT2D eigenvalue weighted by Gasteiger charge is -2.15. The Morgan fingerprint density at radius 2 is 1.88 bits per heavy atom. The molecule has 6 nitrogen and oxygen atoms in total. The number of benzene rings is 2. The molecule has 7 heteroatoms. The largest absolute Gasteiger partial charge is 0.493 e. The van der Waals surface area contributed by atoms with Gasteiger partial charge in [0.2, 0.25) is 5.91 Å². The van der Waals surface area contributed by atoms with E-state index in [1.54, 1.807) is 43.5 Å². The molecule has 1 aliphatic rings. The molecule has 0 bridgehead atoms. The van der Waals surface area contributed by atoms with E-state index in [0.29, 0.717) is 47.6 Å². The highest BCUT2D eigenvalue weighted by Crippen LogP contribution is 2.34. The van der Waals surface area contributed by atoms with E-state index in [2.05, 4.69) is 29.1 Å². The third-order valence-corrected chi connectivity index (χ3v) is 5.38. The average Bonchev–Trinajstić information content (AvgIpc) is 3.62. The normalized spacial score (nSPS) is 13.1. The third kappa shape index (κ3) is 7.99. The summed E-state index contributed by atoms with van der Waals surface area (Å²) in [6.07, 6.45) is 7.07. The number of rotatable bonds is 14. The molecule has 0 heterocycles. The van der Waals surface area contributed by atoms with E-state index in [-0.39, 0.29) is 18.1 Å². The second-order valence-corrected chi connectivity index (χ2v) is 8.43. The molecule has 2 N–H and O–H groups in total. The maximum absolute atomic E-state index is 15.0. The van der Waals surface area contributed by atoms with Crippen LogP contribution in [0.5, 0.6) is 5.75 Å². The Labute approximate surface area is 201 Å². The molecule has 3 rings (SSSR count). The van der Waals surface area contributed by atoms with Gasteiger partial charge in [0.15, 0.2) is 0 Å². The van der Waals surface area contributed by atoms with E-state index in [1.165, 1.54) is 18.9 Å². The minimum Gasteiger partial charge on any atom is -0.493 e. The number of anilines is 2. The third-order valence-electron chi connectivity index (χ3n) is 5.38. The summed E-state index contributed by atoms with van der Waals surface area (Å²) in [6.45, 7) is 9.14. The van der Waals surface area contributed by atoms with E-state index in [0.717, 1.165) is 19.3 Å². The lowest BCUT2D eigenvalue weighted by Crippen LogP contribution is -2.18. The van der Waals surface area contributed by atoms with Gasteiger partial charge in [0.05, 0.1) is 24.5 Å². The molecule has 0 atom stereocenters. The first-order valence-electron chi connectivity index (χ1n) is 11.9. The van der Waals surface area contributed by atoms with Gasteiger partial charge in [-0.25, -0.2) is 4.39 Å². The monoisotopic (exact) mass is 467 g/mol. The molecule has 0 aliphatic heterocycles. The molecule has 182 valence electrons. The predicted molar refractivity (Wildman–Crippen MR) is 137 cm³/mol. The zero-order valence-corrected chi connectivity index (χ0v) is 20.0. The standard InChI is InChI=1S/C27H34FN3O3/c1-4-6-7-14-34-23-15-24(28)27(25(16-23)29-5-2)19(3)30-21-10-12-22(13-11-21)31-26(32)18-33-17-20-8-9-20/h5,10-13,15-16,20,30H,3-4,6-9,14,17-18H2,1-2H3,(H,31,32). The van der Waals surface area contributed by atoms with Gasteiger partial charge in [0, 0.05) is 35.4 Å². The van der Waals surface area contributed by atoms with Gasteiger partial charge in [-0.3, -0.25) is 9.79 Å². The summed E-state index contributed by atoms with van der Waals surface area (Å²) in [7, 11) is 0. The van der Waals surface area contributed by atoms with Crippen LogP contribution in [0, 0.1) is 11.7 Å². The van der Waals surface area contributed by atoms with Crippen molar-refractivity contribution in [2.75, 3.05) is 30.5 Å². The van der Waals surface area contributed by atoms with Gasteiger partial charge in [0.1, 0.15) is 18.2 Å². The fourth-order valence-corrected chi connectivity index (χ4v) is 3.41. The molecule has 0 radical (unpaired) electrons. The van der Waals surface area contributed by atoms with E-state index in [1.807, 2.05) is 0 Å². The summed E-state index contributed by atoms with van der Waals surface area (Å²) >= 11 is 0. The smallest absolute Gasteiger partial charge is 0.250 e. The molecule has 0 unspecified atom stereocenters. The molecule has 1 saturated carbocycles. The molecule has 0 aromatic heterocycles. The Morgan fingerprint density at radius 1 is 1.18 bits per heavy atom. The number of halogens is 1. The lowest BCUT2D eigenvalue weighted by atomic mass is 10.1. The van der Waals surface area contributed by atoms with Crippen LogP contribution in [0.25, 0.3) is 5.70 Å². The van der Waals surface area contributed by atoms with Crippen LogP contribution in [-0.4, -0.2) is 31.9 Å². The first-order valence-corrected chi connectivity index (χ1v) is 11.9. The number of ether oxygens (including phenoxy) is 2. The van der Waals surface area contributed by atoms with Crippen LogP contribution in [0.3, 0.4) is 0 Å². The van der Waals surface area contributed by atoms with Gasteiger partial charge >= 0.3 is 0 Å². The Hall–Kier alpha value is -3.19. The fraction of sp³-hybridized carbons (Fsp3) is 0.407. The van der Waals surface area contributed by atoms with Crippen molar-refractivity contribution in [3.05, 3.63) is 54.4 Å². The van der Waals surface area contributed by atoms with Crippen molar-refractivity contribution in [2.45, 2.75) is 46.0 Å². The molecule has 1 aliphatic carbocycles. The van der Waals surface area contributed by atoms with Crippen LogP contribution in [-0.2, 0) is 9.53 Å². The van der Waals surface area contributed by atoms with Gasteiger partial charge < -0.3 is 20.1 Å². The van der Waals surface area contributed by atoms with Crippen molar-refractivity contribution in [3.8, 4) is 5.75 Å². The summed E-state index contributed by atoms with van der Waals surface area (Å²) in [5, 5.41) is 5.93. The predicted octanol–water partition coefficient (Wildman–Crippen LogP) is 6.56. The topological polar surface area (TPSA) is 72.0 Å². The number of aliphatic imine (C=N–C) groups is 1. The highest BCUT2D eigenvalue weighted by molar-refractivity contribution is 5.92. The number of unbranched alkanes of at least 4 members (excludes halogenated alkanes) is 2. The van der Waals surface area contributed by atoms with Crippen molar-refractivity contribution < 1.29 is 18.7 Å². The zero-order chi connectivity index (χ0) is 24.3. The van der Waals surface area contributed by atoms with E-state index in [9.17, 15) is 4.79 Å². The minimum absolute atomic E-state index is 0.0472. The summed E-state index contributed by atoms with van der Waals surface area (Å²) in [5.74, 6) is 0.425. The van der Waals surface area contributed by atoms with Crippen LogP contribution in [0.2, 0.25) is 0 Å². The highest BCUT2D eigenvalue weighted by atomic mass is 19.1. The number of hydrogen-bond donors (Lipinski definition) is 2. The number of nitrogens with zero attached hydrogens (tertiary/aromatic N) is 1. The van der Waals surface area contributed by atoms with Gasteiger partial charge in [-0.1, -0.05) is 26.3 Å². The zero-order valence-electron chi connectivity index (χ0n) is 20.0. The van der Waals surface area contributed by atoms with Gasteiger partial charge in [-0.2, -0.15) is 0 Å². The fourth-order valence-electron chi connectivity index (χ4n) is 3.41. The minimum atomic E-state index is -0.457. The second kappa shape index (κ2) is 12.9. The molecule has 0 saturated heterocycles. The quantitative estimate of drug-likeness (QED) is 0.244. The van der Waals surface area contributed by atoms with Crippen LogP contribution >= 0.6 is 0 Å². The second-order valence-electron chi connectivity index (χ2n) is 8.43. The van der Waals surface area contributed by atoms with Crippen LogP contribution in [0.4, 0.5) is 21.5 Å². The highest BCUT2D eigenvalue weighted by Gasteiger charge is 2.21.